The van der Waals surface area contributed by atoms with Gasteiger partial charge in [0, 0.05) is 10.6 Å². The average molecular weight is 329 g/mol. The maximum atomic E-state index is 5.99. The zero-order chi connectivity index (χ0) is 16.1. The quantitative estimate of drug-likeness (QED) is 0.854. The van der Waals surface area contributed by atoms with Crippen molar-refractivity contribution in [3.8, 4) is 0 Å². The molecule has 0 saturated carbocycles. The van der Waals surface area contributed by atoms with Gasteiger partial charge in [-0.1, -0.05) is 53.6 Å². The predicted octanol–water partition coefficient (Wildman–Crippen LogP) is 2.38. The van der Waals surface area contributed by atoms with E-state index in [1.54, 1.807) is 4.90 Å². The predicted molar refractivity (Wildman–Crippen MR) is 96.2 cm³/mol. The van der Waals surface area contributed by atoms with E-state index in [0.29, 0.717) is 0 Å². The van der Waals surface area contributed by atoms with Gasteiger partial charge in [0.2, 0.25) is 0 Å². The van der Waals surface area contributed by atoms with E-state index in [9.17, 15) is 0 Å². The van der Waals surface area contributed by atoms with Gasteiger partial charge >= 0.3 is 0 Å². The first-order valence-electron chi connectivity index (χ1n) is 8.13. The van der Waals surface area contributed by atoms with Gasteiger partial charge in [-0.05, 0) is 24.6 Å². The van der Waals surface area contributed by atoms with Crippen molar-refractivity contribution in [2.24, 2.45) is 5.10 Å². The second kappa shape index (κ2) is 7.62. The first-order chi connectivity index (χ1) is 11.2. The number of quaternary nitrogens is 1. The number of hydrazone groups is 1. The molecule has 1 fully saturated rings. The Morgan fingerprint density at radius 1 is 1.13 bits per heavy atom. The third-order valence-corrected chi connectivity index (χ3v) is 4.48. The summed E-state index contributed by atoms with van der Waals surface area (Å²) < 4.78 is 0. The summed E-state index contributed by atoms with van der Waals surface area (Å²) in [6.45, 7) is 7.48. The molecule has 0 bridgehead atoms. The molecule has 0 atom stereocenters. The lowest BCUT2D eigenvalue weighted by Crippen LogP contribution is -3.13. The molecule has 23 heavy (non-hydrogen) atoms. The molecule has 0 unspecified atom stereocenters. The topological polar surface area (TPSA) is 20.0 Å². The van der Waals surface area contributed by atoms with E-state index in [-0.39, 0.29) is 0 Å². The highest BCUT2D eigenvalue weighted by Gasteiger charge is 2.18. The lowest BCUT2D eigenvalue weighted by atomic mass is 10.1. The largest absolute Gasteiger partial charge is 0.328 e. The first-order valence-corrected chi connectivity index (χ1v) is 8.50. The van der Waals surface area contributed by atoms with Crippen molar-refractivity contribution in [2.45, 2.75) is 13.5 Å². The Morgan fingerprint density at radius 2 is 1.87 bits per heavy atom. The summed E-state index contributed by atoms with van der Waals surface area (Å²) >= 11 is 5.99. The fourth-order valence-electron chi connectivity index (χ4n) is 2.83. The Morgan fingerprint density at radius 3 is 2.57 bits per heavy atom. The van der Waals surface area contributed by atoms with E-state index in [1.165, 1.54) is 11.1 Å². The number of hydrogen-bond acceptors (Lipinski definition) is 2. The monoisotopic (exact) mass is 328 g/mol. The molecular formula is C19H23ClN3+. The van der Waals surface area contributed by atoms with E-state index in [2.05, 4.69) is 41.3 Å². The van der Waals surface area contributed by atoms with E-state index in [1.807, 2.05) is 30.5 Å². The number of nitrogens with zero attached hydrogens (tertiary/aromatic N) is 2. The zero-order valence-electron chi connectivity index (χ0n) is 13.5. The molecule has 120 valence electrons. The highest BCUT2D eigenvalue weighted by molar-refractivity contribution is 6.30. The molecule has 3 nitrogen and oxygen atoms in total. The smallest absolute Gasteiger partial charge is 0.103 e. The fourth-order valence-corrected chi connectivity index (χ4v) is 3.03. The van der Waals surface area contributed by atoms with Gasteiger partial charge < -0.3 is 4.90 Å². The third-order valence-electron chi connectivity index (χ3n) is 4.24. The Bertz CT molecular complexity index is 659. The van der Waals surface area contributed by atoms with Crippen LogP contribution in [0.3, 0.4) is 0 Å². The number of nitrogens with one attached hydrogen (secondary N) is 1. The molecule has 2 aromatic carbocycles. The van der Waals surface area contributed by atoms with Crippen LogP contribution in [0.1, 0.15) is 16.7 Å². The molecule has 1 N–H and O–H groups in total. The SMILES string of the molecule is Cc1ccc(C[NH+]2CCN(/N=C/c3cccc(Cl)c3)CC2)cc1. The Balaban J connectivity index is 1.49. The van der Waals surface area contributed by atoms with Gasteiger partial charge in [-0.3, -0.25) is 5.01 Å². The molecule has 0 amide bonds. The maximum Gasteiger partial charge on any atom is 0.103 e. The van der Waals surface area contributed by atoms with Crippen LogP contribution in [0.2, 0.25) is 5.02 Å². The molecule has 1 aliphatic rings. The summed E-state index contributed by atoms with van der Waals surface area (Å²) in [6, 6.07) is 16.7. The van der Waals surface area contributed by atoms with Crippen molar-refractivity contribution >= 4 is 17.8 Å². The van der Waals surface area contributed by atoms with E-state index in [0.717, 1.165) is 43.3 Å². The van der Waals surface area contributed by atoms with Crippen LogP contribution in [0.15, 0.2) is 53.6 Å². The molecule has 0 aromatic heterocycles. The average Bonchev–Trinajstić information content (AvgIpc) is 2.56. The van der Waals surface area contributed by atoms with E-state index < -0.39 is 0 Å². The summed E-state index contributed by atoms with van der Waals surface area (Å²) in [4.78, 5) is 1.63. The van der Waals surface area contributed by atoms with Crippen LogP contribution >= 0.6 is 11.6 Å². The van der Waals surface area contributed by atoms with Crippen LogP contribution in [-0.2, 0) is 6.54 Å². The lowest BCUT2D eigenvalue weighted by Gasteiger charge is -2.30. The van der Waals surface area contributed by atoms with Crippen molar-refractivity contribution in [1.82, 2.24) is 5.01 Å². The molecule has 0 spiro atoms. The summed E-state index contributed by atoms with van der Waals surface area (Å²) in [6.07, 6.45) is 1.90. The zero-order valence-corrected chi connectivity index (χ0v) is 14.3. The number of piperazine rings is 1. The lowest BCUT2D eigenvalue weighted by molar-refractivity contribution is -0.918. The van der Waals surface area contributed by atoms with Crippen LogP contribution in [0.4, 0.5) is 0 Å². The Labute approximate surface area is 143 Å². The van der Waals surface area contributed by atoms with Crippen molar-refractivity contribution in [3.63, 3.8) is 0 Å². The van der Waals surface area contributed by atoms with Crippen molar-refractivity contribution < 1.29 is 4.90 Å². The summed E-state index contributed by atoms with van der Waals surface area (Å²) in [7, 11) is 0. The van der Waals surface area contributed by atoms with Crippen molar-refractivity contribution in [2.75, 3.05) is 26.2 Å². The molecule has 0 aliphatic carbocycles. The Kier molecular flexibility index (Phi) is 5.31. The van der Waals surface area contributed by atoms with Crippen molar-refractivity contribution in [1.29, 1.82) is 0 Å². The first kappa shape index (κ1) is 16.0. The molecule has 1 saturated heterocycles. The minimum atomic E-state index is 0.751. The molecule has 3 rings (SSSR count). The number of rotatable bonds is 4. The van der Waals surface area contributed by atoms with Gasteiger partial charge in [0.15, 0.2) is 0 Å². The number of halogens is 1. The van der Waals surface area contributed by atoms with Gasteiger partial charge in [0.1, 0.15) is 6.54 Å². The third kappa shape index (κ3) is 4.81. The normalized spacial score (nSPS) is 16.2. The second-order valence-electron chi connectivity index (χ2n) is 6.17. The van der Waals surface area contributed by atoms with Crippen LogP contribution in [0, 0.1) is 6.92 Å². The van der Waals surface area contributed by atoms with E-state index >= 15 is 0 Å². The number of aryl methyl sites for hydroxylation is 1. The molecule has 0 radical (unpaired) electrons. The van der Waals surface area contributed by atoms with Crippen LogP contribution in [0.25, 0.3) is 0 Å². The maximum absolute atomic E-state index is 5.99. The summed E-state index contributed by atoms with van der Waals surface area (Å²) in [5.74, 6) is 0. The fraction of sp³-hybridized carbons (Fsp3) is 0.316. The molecule has 1 aliphatic heterocycles. The highest BCUT2D eigenvalue weighted by Crippen LogP contribution is 2.09. The Hall–Kier alpha value is -1.84. The van der Waals surface area contributed by atoms with Gasteiger partial charge in [0.25, 0.3) is 0 Å². The van der Waals surface area contributed by atoms with Crippen LogP contribution in [-0.4, -0.2) is 37.4 Å². The standard InChI is InChI=1S/C19H22ClN3/c1-16-5-7-17(8-6-16)15-22-9-11-23(12-10-22)21-14-18-3-2-4-19(20)13-18/h2-8,13-14H,9-12,15H2,1H3/p+1/b21-14+. The number of hydrogen-bond donors (Lipinski definition) is 1. The summed E-state index contributed by atoms with van der Waals surface area (Å²) in [5.41, 5.74) is 3.79. The van der Waals surface area contributed by atoms with Crippen LogP contribution < -0.4 is 4.90 Å². The van der Waals surface area contributed by atoms with Crippen molar-refractivity contribution in [3.05, 3.63) is 70.2 Å². The highest BCUT2D eigenvalue weighted by atomic mass is 35.5. The van der Waals surface area contributed by atoms with Gasteiger partial charge in [0.05, 0.1) is 32.4 Å². The minimum Gasteiger partial charge on any atom is -0.328 e. The molecule has 2 aromatic rings. The molecule has 4 heteroatoms. The minimum absolute atomic E-state index is 0.751. The van der Waals surface area contributed by atoms with Gasteiger partial charge in [-0.25, -0.2) is 0 Å². The van der Waals surface area contributed by atoms with Crippen LogP contribution in [0.5, 0.6) is 0 Å². The summed E-state index contributed by atoms with van der Waals surface area (Å²) in [5, 5.41) is 7.49. The molecular weight excluding hydrogens is 306 g/mol. The molecule has 1 heterocycles. The van der Waals surface area contributed by atoms with E-state index in [4.69, 9.17) is 11.6 Å². The number of benzene rings is 2. The van der Waals surface area contributed by atoms with Gasteiger partial charge in [-0.2, -0.15) is 5.10 Å². The second-order valence-corrected chi connectivity index (χ2v) is 6.60. The van der Waals surface area contributed by atoms with Gasteiger partial charge in [-0.15, -0.1) is 0 Å².